The standard InChI is InChI=1S/C16H14ClFOS/c1-11-4-2-6-14(8-11)20-10-13(19)9-12-5-3-7-15(18)16(12)17/h2-8H,9-10H2,1H3. The molecule has 0 fully saturated rings. The van der Waals surface area contributed by atoms with Gasteiger partial charge >= 0.3 is 0 Å². The summed E-state index contributed by atoms with van der Waals surface area (Å²) in [4.78, 5) is 13.0. The van der Waals surface area contributed by atoms with Crippen LogP contribution in [0.1, 0.15) is 11.1 Å². The maximum atomic E-state index is 13.3. The fraction of sp³-hybridized carbons (Fsp3) is 0.188. The monoisotopic (exact) mass is 308 g/mol. The number of Topliss-reactive ketones (excluding diaryl/α,β-unsaturated/α-hetero) is 1. The van der Waals surface area contributed by atoms with Crippen molar-refractivity contribution in [1.82, 2.24) is 0 Å². The van der Waals surface area contributed by atoms with Crippen molar-refractivity contribution in [2.45, 2.75) is 18.2 Å². The van der Waals surface area contributed by atoms with Gasteiger partial charge in [0.15, 0.2) is 0 Å². The highest BCUT2D eigenvalue weighted by atomic mass is 35.5. The van der Waals surface area contributed by atoms with E-state index in [0.29, 0.717) is 11.3 Å². The third-order valence-corrected chi connectivity index (χ3v) is 4.29. The van der Waals surface area contributed by atoms with E-state index in [1.54, 1.807) is 12.1 Å². The molecular weight excluding hydrogens is 295 g/mol. The summed E-state index contributed by atoms with van der Waals surface area (Å²) in [6, 6.07) is 12.5. The van der Waals surface area contributed by atoms with Gasteiger partial charge in [0, 0.05) is 11.3 Å². The largest absolute Gasteiger partial charge is 0.298 e. The summed E-state index contributed by atoms with van der Waals surface area (Å²) in [6.07, 6.45) is 0.162. The number of aryl methyl sites for hydroxylation is 1. The van der Waals surface area contributed by atoms with Crippen molar-refractivity contribution >= 4 is 29.1 Å². The van der Waals surface area contributed by atoms with E-state index in [0.717, 1.165) is 10.5 Å². The van der Waals surface area contributed by atoms with Crippen LogP contribution in [-0.2, 0) is 11.2 Å². The molecule has 0 radical (unpaired) electrons. The summed E-state index contributed by atoms with van der Waals surface area (Å²) in [6.45, 7) is 2.01. The fourth-order valence-electron chi connectivity index (χ4n) is 1.82. The molecule has 0 amide bonds. The molecule has 2 aromatic carbocycles. The minimum absolute atomic E-state index is 0.0315. The first kappa shape index (κ1) is 15.1. The minimum atomic E-state index is -0.483. The van der Waals surface area contributed by atoms with Crippen LogP contribution in [0.5, 0.6) is 0 Å². The summed E-state index contributed by atoms with van der Waals surface area (Å²) in [7, 11) is 0. The molecule has 20 heavy (non-hydrogen) atoms. The average Bonchev–Trinajstić information content (AvgIpc) is 2.42. The van der Waals surface area contributed by atoms with Gasteiger partial charge in [-0.15, -0.1) is 11.8 Å². The molecular formula is C16H14ClFOS. The number of benzene rings is 2. The lowest BCUT2D eigenvalue weighted by atomic mass is 10.1. The van der Waals surface area contributed by atoms with Crippen LogP contribution < -0.4 is 0 Å². The van der Waals surface area contributed by atoms with Crippen molar-refractivity contribution < 1.29 is 9.18 Å². The molecule has 0 saturated carbocycles. The van der Waals surface area contributed by atoms with E-state index in [-0.39, 0.29) is 17.2 Å². The molecule has 0 spiro atoms. The van der Waals surface area contributed by atoms with Crippen molar-refractivity contribution in [3.63, 3.8) is 0 Å². The van der Waals surface area contributed by atoms with Crippen LogP contribution in [0, 0.1) is 12.7 Å². The van der Waals surface area contributed by atoms with Gasteiger partial charge in [0.1, 0.15) is 11.6 Å². The molecule has 0 aromatic heterocycles. The maximum Gasteiger partial charge on any atom is 0.147 e. The van der Waals surface area contributed by atoms with E-state index in [1.807, 2.05) is 31.2 Å². The lowest BCUT2D eigenvalue weighted by Crippen LogP contribution is -2.06. The highest BCUT2D eigenvalue weighted by Crippen LogP contribution is 2.22. The van der Waals surface area contributed by atoms with Crippen molar-refractivity contribution in [2.75, 3.05) is 5.75 Å². The average molecular weight is 309 g/mol. The van der Waals surface area contributed by atoms with E-state index in [9.17, 15) is 9.18 Å². The van der Waals surface area contributed by atoms with E-state index < -0.39 is 5.82 Å². The minimum Gasteiger partial charge on any atom is -0.298 e. The Kier molecular flexibility index (Phi) is 5.21. The second kappa shape index (κ2) is 6.91. The second-order valence-electron chi connectivity index (χ2n) is 4.53. The fourth-order valence-corrected chi connectivity index (χ4v) is 2.88. The Morgan fingerprint density at radius 3 is 2.75 bits per heavy atom. The number of rotatable bonds is 5. The molecule has 0 saturated heterocycles. The van der Waals surface area contributed by atoms with Crippen LogP contribution in [0.3, 0.4) is 0 Å². The van der Waals surface area contributed by atoms with Crippen LogP contribution in [0.25, 0.3) is 0 Å². The molecule has 0 aliphatic carbocycles. The van der Waals surface area contributed by atoms with Gasteiger partial charge < -0.3 is 0 Å². The molecule has 2 rings (SSSR count). The van der Waals surface area contributed by atoms with Gasteiger partial charge in [-0.25, -0.2) is 4.39 Å². The summed E-state index contributed by atoms with van der Waals surface area (Å²) in [5.41, 5.74) is 1.71. The number of hydrogen-bond acceptors (Lipinski definition) is 2. The van der Waals surface area contributed by atoms with Crippen molar-refractivity contribution in [3.8, 4) is 0 Å². The van der Waals surface area contributed by atoms with Crippen LogP contribution in [-0.4, -0.2) is 11.5 Å². The third kappa shape index (κ3) is 4.09. The Bertz CT molecular complexity index is 628. The number of halogens is 2. The smallest absolute Gasteiger partial charge is 0.147 e. The van der Waals surface area contributed by atoms with Crippen molar-refractivity contribution in [3.05, 3.63) is 64.4 Å². The lowest BCUT2D eigenvalue weighted by molar-refractivity contribution is -0.116. The van der Waals surface area contributed by atoms with Gasteiger partial charge in [-0.2, -0.15) is 0 Å². The van der Waals surface area contributed by atoms with Crippen LogP contribution in [0.15, 0.2) is 47.4 Å². The zero-order valence-corrected chi connectivity index (χ0v) is 12.6. The van der Waals surface area contributed by atoms with E-state index in [2.05, 4.69) is 0 Å². The molecule has 0 N–H and O–H groups in total. The normalized spacial score (nSPS) is 10.6. The molecule has 0 atom stereocenters. The Hall–Kier alpha value is -1.32. The predicted molar refractivity (Wildman–Crippen MR) is 82.0 cm³/mol. The first-order valence-corrected chi connectivity index (χ1v) is 7.56. The summed E-state index contributed by atoms with van der Waals surface area (Å²) in [5, 5.41) is 0.0430. The van der Waals surface area contributed by atoms with E-state index >= 15 is 0 Å². The SMILES string of the molecule is Cc1cccc(SCC(=O)Cc2cccc(F)c2Cl)c1. The first-order chi connectivity index (χ1) is 9.56. The van der Waals surface area contributed by atoms with E-state index in [4.69, 9.17) is 11.6 Å². The third-order valence-electron chi connectivity index (χ3n) is 2.81. The van der Waals surface area contributed by atoms with Crippen molar-refractivity contribution in [2.24, 2.45) is 0 Å². The first-order valence-electron chi connectivity index (χ1n) is 6.20. The quantitative estimate of drug-likeness (QED) is 0.745. The summed E-state index contributed by atoms with van der Waals surface area (Å²) < 4.78 is 13.3. The van der Waals surface area contributed by atoms with Crippen LogP contribution in [0.2, 0.25) is 5.02 Å². The molecule has 0 unspecified atom stereocenters. The highest BCUT2D eigenvalue weighted by molar-refractivity contribution is 8.00. The molecule has 104 valence electrons. The Morgan fingerprint density at radius 2 is 2.00 bits per heavy atom. The van der Waals surface area contributed by atoms with Gasteiger partial charge in [-0.3, -0.25) is 4.79 Å². The van der Waals surface area contributed by atoms with Crippen molar-refractivity contribution in [1.29, 1.82) is 0 Å². The molecule has 4 heteroatoms. The molecule has 0 heterocycles. The molecule has 0 aliphatic rings. The Morgan fingerprint density at radius 1 is 1.25 bits per heavy atom. The van der Waals surface area contributed by atoms with Gasteiger partial charge in [-0.1, -0.05) is 41.4 Å². The lowest BCUT2D eigenvalue weighted by Gasteiger charge is -2.05. The van der Waals surface area contributed by atoms with Crippen LogP contribution >= 0.6 is 23.4 Å². The number of carbonyl (C=O) groups is 1. The summed E-state index contributed by atoms with van der Waals surface area (Å²) >= 11 is 7.33. The molecule has 0 aliphatic heterocycles. The van der Waals surface area contributed by atoms with Gasteiger partial charge in [0.25, 0.3) is 0 Å². The Balaban J connectivity index is 1.94. The van der Waals surface area contributed by atoms with E-state index in [1.165, 1.54) is 17.8 Å². The predicted octanol–water partition coefficient (Wildman–Crippen LogP) is 4.69. The second-order valence-corrected chi connectivity index (χ2v) is 5.96. The zero-order chi connectivity index (χ0) is 14.5. The van der Waals surface area contributed by atoms with Gasteiger partial charge in [0.05, 0.1) is 10.8 Å². The molecule has 1 nitrogen and oxygen atoms in total. The molecule has 0 bridgehead atoms. The van der Waals surface area contributed by atoms with Gasteiger partial charge in [-0.05, 0) is 30.7 Å². The molecule has 2 aromatic rings. The number of hydrogen-bond donors (Lipinski definition) is 0. The Labute approximate surface area is 127 Å². The van der Waals surface area contributed by atoms with Crippen LogP contribution in [0.4, 0.5) is 4.39 Å². The van der Waals surface area contributed by atoms with Gasteiger partial charge in [0.2, 0.25) is 0 Å². The number of thioether (sulfide) groups is 1. The topological polar surface area (TPSA) is 17.1 Å². The number of carbonyl (C=O) groups excluding carboxylic acids is 1. The summed E-state index contributed by atoms with van der Waals surface area (Å²) in [5.74, 6) is -0.0941. The zero-order valence-electron chi connectivity index (χ0n) is 11.0. The number of ketones is 1. The maximum absolute atomic E-state index is 13.3. The highest BCUT2D eigenvalue weighted by Gasteiger charge is 2.10.